The third kappa shape index (κ3) is 2.44. The molecule has 0 spiro atoms. The number of amides is 1. The SMILES string of the molecule is CC1CCCN(C(=O)[C@H]2CCCO2)C1C(=O)O. The number of likely N-dealkylation sites (tertiary alicyclic amines) is 1. The van der Waals surface area contributed by atoms with Crippen LogP contribution < -0.4 is 0 Å². The number of carbonyl (C=O) groups excluding carboxylic acids is 1. The third-order valence-electron chi connectivity index (χ3n) is 3.67. The first-order chi connectivity index (χ1) is 8.11. The molecule has 17 heavy (non-hydrogen) atoms. The minimum atomic E-state index is -0.899. The van der Waals surface area contributed by atoms with Crippen LogP contribution in [0.3, 0.4) is 0 Å². The molecule has 1 amide bonds. The van der Waals surface area contributed by atoms with Crippen molar-refractivity contribution in [1.29, 1.82) is 0 Å². The lowest BCUT2D eigenvalue weighted by atomic mass is 9.90. The Balaban J connectivity index is 2.10. The van der Waals surface area contributed by atoms with E-state index in [2.05, 4.69) is 0 Å². The molecule has 2 aliphatic rings. The summed E-state index contributed by atoms with van der Waals surface area (Å²) in [6.45, 7) is 3.05. The Bertz CT molecular complexity index is 312. The average molecular weight is 241 g/mol. The van der Waals surface area contributed by atoms with E-state index in [1.54, 1.807) is 0 Å². The number of carboxylic acids is 1. The zero-order valence-corrected chi connectivity index (χ0v) is 10.1. The summed E-state index contributed by atoms with van der Waals surface area (Å²) in [5.74, 6) is -1.02. The van der Waals surface area contributed by atoms with Crippen molar-refractivity contribution in [2.75, 3.05) is 13.2 Å². The van der Waals surface area contributed by atoms with Crippen LogP contribution in [0.4, 0.5) is 0 Å². The fourth-order valence-corrected chi connectivity index (χ4v) is 2.77. The topological polar surface area (TPSA) is 66.8 Å². The quantitative estimate of drug-likeness (QED) is 0.779. The summed E-state index contributed by atoms with van der Waals surface area (Å²) in [7, 11) is 0. The van der Waals surface area contributed by atoms with Gasteiger partial charge in [0.2, 0.25) is 0 Å². The highest BCUT2D eigenvalue weighted by Crippen LogP contribution is 2.26. The predicted molar refractivity (Wildman–Crippen MR) is 60.5 cm³/mol. The molecule has 0 aromatic heterocycles. The van der Waals surface area contributed by atoms with E-state index in [1.807, 2.05) is 6.92 Å². The Hall–Kier alpha value is -1.10. The number of carboxylic acid groups (broad SMARTS) is 1. The Morgan fingerprint density at radius 2 is 2.06 bits per heavy atom. The second-order valence-corrected chi connectivity index (χ2v) is 4.94. The highest BCUT2D eigenvalue weighted by atomic mass is 16.5. The minimum Gasteiger partial charge on any atom is -0.480 e. The first-order valence-corrected chi connectivity index (χ1v) is 6.26. The molecule has 2 unspecified atom stereocenters. The molecule has 1 N–H and O–H groups in total. The molecule has 0 radical (unpaired) electrons. The van der Waals surface area contributed by atoms with Gasteiger partial charge in [0.15, 0.2) is 0 Å². The molecule has 2 fully saturated rings. The number of nitrogens with zero attached hydrogens (tertiary/aromatic N) is 1. The lowest BCUT2D eigenvalue weighted by molar-refractivity contribution is -0.159. The summed E-state index contributed by atoms with van der Waals surface area (Å²) in [5.41, 5.74) is 0. The fraction of sp³-hybridized carbons (Fsp3) is 0.833. The second-order valence-electron chi connectivity index (χ2n) is 4.94. The predicted octanol–water partition coefficient (Wildman–Crippen LogP) is 0.877. The molecule has 3 atom stereocenters. The van der Waals surface area contributed by atoms with E-state index in [0.717, 1.165) is 25.7 Å². The summed E-state index contributed by atoms with van der Waals surface area (Å²) in [4.78, 5) is 25.0. The fourth-order valence-electron chi connectivity index (χ4n) is 2.77. The zero-order valence-electron chi connectivity index (χ0n) is 10.1. The van der Waals surface area contributed by atoms with Crippen LogP contribution in [-0.2, 0) is 14.3 Å². The van der Waals surface area contributed by atoms with Gasteiger partial charge in [-0.3, -0.25) is 4.79 Å². The van der Waals surface area contributed by atoms with E-state index in [4.69, 9.17) is 4.74 Å². The lowest BCUT2D eigenvalue weighted by Crippen LogP contribution is -2.54. The van der Waals surface area contributed by atoms with E-state index < -0.39 is 18.1 Å². The van der Waals surface area contributed by atoms with Crippen molar-refractivity contribution in [3.05, 3.63) is 0 Å². The van der Waals surface area contributed by atoms with Gasteiger partial charge in [-0.05, 0) is 31.6 Å². The van der Waals surface area contributed by atoms with Gasteiger partial charge in [-0.2, -0.15) is 0 Å². The number of aliphatic carboxylic acids is 1. The van der Waals surface area contributed by atoms with Crippen LogP contribution >= 0.6 is 0 Å². The number of ether oxygens (including phenoxy) is 1. The van der Waals surface area contributed by atoms with Crippen LogP contribution in [0.2, 0.25) is 0 Å². The van der Waals surface area contributed by atoms with Crippen molar-refractivity contribution in [2.24, 2.45) is 5.92 Å². The van der Waals surface area contributed by atoms with E-state index >= 15 is 0 Å². The van der Waals surface area contributed by atoms with E-state index in [9.17, 15) is 14.7 Å². The minimum absolute atomic E-state index is 0.0200. The van der Waals surface area contributed by atoms with Crippen LogP contribution in [0, 0.1) is 5.92 Å². The smallest absolute Gasteiger partial charge is 0.326 e. The second kappa shape index (κ2) is 5.04. The van der Waals surface area contributed by atoms with E-state index in [0.29, 0.717) is 13.2 Å². The van der Waals surface area contributed by atoms with Gasteiger partial charge in [0, 0.05) is 13.2 Å². The Kier molecular flexibility index (Phi) is 3.66. The first kappa shape index (κ1) is 12.4. The molecular weight excluding hydrogens is 222 g/mol. The van der Waals surface area contributed by atoms with Crippen LogP contribution in [0.15, 0.2) is 0 Å². The van der Waals surface area contributed by atoms with Gasteiger partial charge in [-0.25, -0.2) is 4.79 Å². The Labute approximate surface area is 101 Å². The monoisotopic (exact) mass is 241 g/mol. The molecule has 0 saturated carbocycles. The number of hydrogen-bond donors (Lipinski definition) is 1. The van der Waals surface area contributed by atoms with Crippen LogP contribution in [0.25, 0.3) is 0 Å². The molecule has 5 heteroatoms. The Morgan fingerprint density at radius 3 is 2.65 bits per heavy atom. The van der Waals surface area contributed by atoms with Gasteiger partial charge in [0.05, 0.1) is 0 Å². The van der Waals surface area contributed by atoms with Gasteiger partial charge in [0.25, 0.3) is 5.91 Å². The summed E-state index contributed by atoms with van der Waals surface area (Å²) in [5, 5.41) is 9.24. The molecule has 0 aromatic carbocycles. The third-order valence-corrected chi connectivity index (χ3v) is 3.67. The molecule has 5 nitrogen and oxygen atoms in total. The van der Waals surface area contributed by atoms with Crippen molar-refractivity contribution in [3.63, 3.8) is 0 Å². The van der Waals surface area contributed by atoms with Gasteiger partial charge >= 0.3 is 5.97 Å². The average Bonchev–Trinajstić information content (AvgIpc) is 2.80. The maximum Gasteiger partial charge on any atom is 0.326 e. The highest BCUT2D eigenvalue weighted by molar-refractivity contribution is 5.87. The number of piperidine rings is 1. The molecule has 2 heterocycles. The highest BCUT2D eigenvalue weighted by Gasteiger charge is 2.40. The molecule has 0 aromatic rings. The lowest BCUT2D eigenvalue weighted by Gasteiger charge is -2.38. The van der Waals surface area contributed by atoms with Gasteiger partial charge in [-0.1, -0.05) is 6.92 Å². The maximum atomic E-state index is 12.2. The molecule has 2 saturated heterocycles. The number of rotatable bonds is 2. The van der Waals surface area contributed by atoms with Crippen molar-refractivity contribution in [2.45, 2.75) is 44.8 Å². The van der Waals surface area contributed by atoms with Gasteiger partial charge in [-0.15, -0.1) is 0 Å². The van der Waals surface area contributed by atoms with E-state index in [1.165, 1.54) is 4.90 Å². The standard InChI is InChI=1S/C12H19NO4/c1-8-4-2-6-13(10(8)12(15)16)11(14)9-5-3-7-17-9/h8-10H,2-7H2,1H3,(H,15,16)/t8?,9-,10?/m1/s1. The maximum absolute atomic E-state index is 12.2. The van der Waals surface area contributed by atoms with Crippen LogP contribution in [0.1, 0.15) is 32.6 Å². The molecule has 0 aliphatic carbocycles. The van der Waals surface area contributed by atoms with Crippen molar-refractivity contribution >= 4 is 11.9 Å². The molecular formula is C12H19NO4. The molecule has 96 valence electrons. The normalized spacial score (nSPS) is 33.7. The number of carbonyl (C=O) groups is 2. The van der Waals surface area contributed by atoms with Crippen LogP contribution in [-0.4, -0.2) is 47.2 Å². The van der Waals surface area contributed by atoms with Crippen molar-refractivity contribution in [1.82, 2.24) is 4.90 Å². The number of hydrogen-bond acceptors (Lipinski definition) is 3. The van der Waals surface area contributed by atoms with Crippen molar-refractivity contribution in [3.8, 4) is 0 Å². The first-order valence-electron chi connectivity index (χ1n) is 6.26. The van der Waals surface area contributed by atoms with Gasteiger partial charge in [0.1, 0.15) is 12.1 Å². The summed E-state index contributed by atoms with van der Waals surface area (Å²) in [6.07, 6.45) is 2.94. The molecule has 2 rings (SSSR count). The van der Waals surface area contributed by atoms with Gasteiger partial charge < -0.3 is 14.7 Å². The zero-order chi connectivity index (χ0) is 12.4. The van der Waals surface area contributed by atoms with Crippen molar-refractivity contribution < 1.29 is 19.4 Å². The van der Waals surface area contributed by atoms with E-state index in [-0.39, 0.29) is 11.8 Å². The Morgan fingerprint density at radius 1 is 1.29 bits per heavy atom. The largest absolute Gasteiger partial charge is 0.480 e. The molecule has 2 aliphatic heterocycles. The molecule has 0 bridgehead atoms. The summed E-state index contributed by atoms with van der Waals surface area (Å²) in [6, 6.07) is -0.680. The van der Waals surface area contributed by atoms with Crippen LogP contribution in [0.5, 0.6) is 0 Å². The summed E-state index contributed by atoms with van der Waals surface area (Å²) >= 11 is 0. The summed E-state index contributed by atoms with van der Waals surface area (Å²) < 4.78 is 5.35.